The third-order valence-corrected chi connectivity index (χ3v) is 5.21. The van der Waals surface area contributed by atoms with Crippen LogP contribution in [0.1, 0.15) is 37.1 Å². The summed E-state index contributed by atoms with van der Waals surface area (Å²) in [6.07, 6.45) is 0. The molecule has 136 valence electrons. The molecule has 24 heavy (non-hydrogen) atoms. The van der Waals surface area contributed by atoms with Crippen LogP contribution in [0.4, 0.5) is 20.2 Å². The van der Waals surface area contributed by atoms with Crippen molar-refractivity contribution in [3.63, 3.8) is 0 Å². The second kappa shape index (κ2) is 9.99. The van der Waals surface area contributed by atoms with Crippen LogP contribution in [0.3, 0.4) is 0 Å². The number of nitrogen functional groups attached to an aromatic ring is 2. The van der Waals surface area contributed by atoms with Crippen molar-refractivity contribution >= 4 is 43.2 Å². The Labute approximate surface area is 160 Å². The van der Waals surface area contributed by atoms with Gasteiger partial charge in [-0.1, -0.05) is 14.9 Å². The summed E-state index contributed by atoms with van der Waals surface area (Å²) in [5.41, 5.74) is 15.3. The van der Waals surface area contributed by atoms with Crippen molar-refractivity contribution in [3.05, 3.63) is 55.0 Å². The Balaban J connectivity index is 0. The van der Waals surface area contributed by atoms with Crippen molar-refractivity contribution in [2.75, 3.05) is 11.5 Å². The minimum Gasteiger partial charge on any atom is -0.398 e. The minimum atomic E-state index is -0.266. The van der Waals surface area contributed by atoms with Crippen LogP contribution < -0.4 is 11.5 Å². The average Bonchev–Trinajstić information content (AvgIpc) is 2.47. The maximum atomic E-state index is 13.0. The van der Waals surface area contributed by atoms with Gasteiger partial charge in [-0.15, -0.1) is 0 Å². The first-order chi connectivity index (χ1) is 10.1. The van der Waals surface area contributed by atoms with E-state index in [-0.39, 0.29) is 26.5 Å². The maximum Gasteiger partial charge on any atom is 0.128 e. The molecule has 0 radical (unpaired) electrons. The predicted octanol–water partition coefficient (Wildman–Crippen LogP) is 6.85. The average molecular weight is 468 g/mol. The van der Waals surface area contributed by atoms with Crippen molar-refractivity contribution < 1.29 is 8.78 Å². The lowest BCUT2D eigenvalue weighted by molar-refractivity contribution is 0.616. The molecule has 0 heterocycles. The van der Waals surface area contributed by atoms with Crippen molar-refractivity contribution in [3.8, 4) is 0 Å². The van der Waals surface area contributed by atoms with Crippen LogP contribution in [0.25, 0.3) is 0 Å². The minimum absolute atomic E-state index is 0. The lowest BCUT2D eigenvalue weighted by Crippen LogP contribution is -1.98. The molecule has 0 spiro atoms. The van der Waals surface area contributed by atoms with Gasteiger partial charge in [0.2, 0.25) is 0 Å². The summed E-state index contributed by atoms with van der Waals surface area (Å²) in [6, 6.07) is 2.83. The first-order valence-electron chi connectivity index (χ1n) is 6.49. The highest BCUT2D eigenvalue weighted by molar-refractivity contribution is 9.11. The van der Waals surface area contributed by atoms with E-state index in [2.05, 4.69) is 31.9 Å². The van der Waals surface area contributed by atoms with Crippen LogP contribution in [0.5, 0.6) is 0 Å². The molecule has 0 aromatic heterocycles. The van der Waals surface area contributed by atoms with Gasteiger partial charge < -0.3 is 11.5 Å². The van der Waals surface area contributed by atoms with Gasteiger partial charge in [-0.3, -0.25) is 0 Å². The highest BCUT2D eigenvalue weighted by atomic mass is 79.9. The van der Waals surface area contributed by atoms with Crippen LogP contribution in [-0.2, 0) is 0 Å². The van der Waals surface area contributed by atoms with E-state index in [9.17, 15) is 8.78 Å². The topological polar surface area (TPSA) is 52.0 Å². The maximum absolute atomic E-state index is 13.0. The van der Waals surface area contributed by atoms with Crippen LogP contribution >= 0.6 is 31.9 Å². The van der Waals surface area contributed by atoms with Gasteiger partial charge in [0.05, 0.1) is 5.69 Å². The molecular weight excluding hydrogens is 442 g/mol. The van der Waals surface area contributed by atoms with E-state index in [4.69, 9.17) is 11.5 Å². The van der Waals surface area contributed by atoms with Crippen molar-refractivity contribution in [1.29, 1.82) is 0 Å². The summed E-state index contributed by atoms with van der Waals surface area (Å²) < 4.78 is 27.1. The first kappa shape index (κ1) is 25.1. The van der Waals surface area contributed by atoms with Gasteiger partial charge >= 0.3 is 0 Å². The van der Waals surface area contributed by atoms with Gasteiger partial charge in [-0.2, -0.15) is 0 Å². The van der Waals surface area contributed by atoms with E-state index in [1.807, 2.05) is 13.8 Å². The van der Waals surface area contributed by atoms with Crippen molar-refractivity contribution in [2.45, 2.75) is 42.5 Å². The van der Waals surface area contributed by atoms with Crippen molar-refractivity contribution in [1.82, 2.24) is 0 Å². The fourth-order valence-electron chi connectivity index (χ4n) is 1.76. The molecule has 0 aliphatic heterocycles. The van der Waals surface area contributed by atoms with E-state index < -0.39 is 0 Å². The molecule has 0 saturated carbocycles. The van der Waals surface area contributed by atoms with Gasteiger partial charge in [-0.05, 0) is 88.4 Å². The Hall–Kier alpha value is -1.14. The van der Waals surface area contributed by atoms with E-state index in [1.165, 1.54) is 12.1 Å². The highest BCUT2D eigenvalue weighted by Gasteiger charge is 2.08. The zero-order valence-electron chi connectivity index (χ0n) is 12.8. The standard InChI is InChI=1S/C9H12FN.C7H6Br2FN.2CH4/c1-5-4-8(10)6(2)7(3)9(5)11;1-3-5(10)2-4(8)7(11)6(3)9;;/h4H,11H2,1-3H3;2H,11H2,1H3;2*1H4. The van der Waals surface area contributed by atoms with Gasteiger partial charge in [0, 0.05) is 20.2 Å². The number of nitrogens with two attached hydrogens (primary N) is 2. The van der Waals surface area contributed by atoms with E-state index in [0.717, 1.165) is 11.1 Å². The fraction of sp³-hybridized carbons (Fsp3) is 0.333. The number of hydrogen-bond acceptors (Lipinski definition) is 2. The molecule has 0 atom stereocenters. The predicted molar refractivity (Wildman–Crippen MR) is 109 cm³/mol. The lowest BCUT2D eigenvalue weighted by Gasteiger charge is -2.07. The molecule has 6 heteroatoms. The summed E-state index contributed by atoms with van der Waals surface area (Å²) >= 11 is 6.32. The van der Waals surface area contributed by atoms with Crippen LogP contribution in [-0.4, -0.2) is 0 Å². The van der Waals surface area contributed by atoms with Gasteiger partial charge in [0.15, 0.2) is 0 Å². The summed E-state index contributed by atoms with van der Waals surface area (Å²) in [6.45, 7) is 7.05. The monoisotopic (exact) mass is 466 g/mol. The quantitative estimate of drug-likeness (QED) is 0.416. The molecule has 0 fully saturated rings. The normalized spacial score (nSPS) is 9.33. The summed E-state index contributed by atoms with van der Waals surface area (Å²) in [7, 11) is 0. The van der Waals surface area contributed by atoms with Crippen LogP contribution in [0.15, 0.2) is 21.1 Å². The molecule has 2 aromatic carbocycles. The highest BCUT2D eigenvalue weighted by Crippen LogP contribution is 2.32. The zero-order chi connectivity index (χ0) is 17.2. The number of aryl methyl sites for hydroxylation is 1. The Morgan fingerprint density at radius 1 is 0.750 bits per heavy atom. The summed E-state index contributed by atoms with van der Waals surface area (Å²) in [5.74, 6) is -0.438. The summed E-state index contributed by atoms with van der Waals surface area (Å²) in [5, 5.41) is 0. The van der Waals surface area contributed by atoms with E-state index in [1.54, 1.807) is 13.8 Å². The second-order valence-electron chi connectivity index (χ2n) is 5.03. The molecule has 0 bridgehead atoms. The third kappa shape index (κ3) is 5.45. The Morgan fingerprint density at radius 2 is 1.21 bits per heavy atom. The third-order valence-electron chi connectivity index (χ3n) is 3.53. The van der Waals surface area contributed by atoms with Gasteiger partial charge in [0.25, 0.3) is 0 Å². The molecule has 0 aliphatic carbocycles. The molecule has 0 amide bonds. The number of benzene rings is 2. The van der Waals surface area contributed by atoms with E-state index >= 15 is 0 Å². The smallest absolute Gasteiger partial charge is 0.128 e. The largest absolute Gasteiger partial charge is 0.398 e. The number of hydrogen-bond donors (Lipinski definition) is 2. The van der Waals surface area contributed by atoms with E-state index in [0.29, 0.717) is 31.4 Å². The molecule has 2 rings (SSSR count). The van der Waals surface area contributed by atoms with Crippen LogP contribution in [0, 0.1) is 39.3 Å². The van der Waals surface area contributed by atoms with Crippen molar-refractivity contribution in [2.24, 2.45) is 0 Å². The zero-order valence-corrected chi connectivity index (χ0v) is 16.0. The van der Waals surface area contributed by atoms with Crippen LogP contribution in [0.2, 0.25) is 0 Å². The van der Waals surface area contributed by atoms with Gasteiger partial charge in [-0.25, -0.2) is 8.78 Å². The molecular formula is C18H26Br2F2N2. The Kier molecular flexibility index (Phi) is 10.4. The molecule has 0 unspecified atom stereocenters. The number of anilines is 2. The summed E-state index contributed by atoms with van der Waals surface area (Å²) in [4.78, 5) is 0. The van der Waals surface area contributed by atoms with Gasteiger partial charge in [0.1, 0.15) is 11.6 Å². The molecule has 4 N–H and O–H groups in total. The Morgan fingerprint density at radius 3 is 1.71 bits per heavy atom. The first-order valence-corrected chi connectivity index (χ1v) is 8.07. The lowest BCUT2D eigenvalue weighted by atomic mass is 10.0. The molecule has 2 nitrogen and oxygen atoms in total. The molecule has 0 aliphatic rings. The fourth-order valence-corrected chi connectivity index (χ4v) is 2.83. The number of rotatable bonds is 0. The molecule has 0 saturated heterocycles. The Bertz CT molecular complexity index is 603. The second-order valence-corrected chi connectivity index (χ2v) is 6.68. The molecule has 2 aromatic rings. The number of halogens is 4. The SMILES string of the molecule is C.C.Cc1c(F)cc(Br)c(N)c1Br.Cc1cc(F)c(C)c(C)c1N.